The summed E-state index contributed by atoms with van der Waals surface area (Å²) in [6.45, 7) is 1.50. The minimum absolute atomic E-state index is 0.178. The molecule has 1 aliphatic heterocycles. The Morgan fingerprint density at radius 2 is 2.21 bits per heavy atom. The molecule has 3 N–H and O–H groups in total. The third-order valence-electron chi connectivity index (χ3n) is 2.97. The van der Waals surface area contributed by atoms with Gasteiger partial charge in [0.1, 0.15) is 0 Å². The van der Waals surface area contributed by atoms with E-state index in [1.165, 1.54) is 12.8 Å². The van der Waals surface area contributed by atoms with Gasteiger partial charge in [0.2, 0.25) is 5.91 Å². The molecule has 0 radical (unpaired) electrons. The molecule has 1 amide bonds. The highest BCUT2D eigenvalue weighted by atomic mass is 16.5. The molecule has 1 aliphatic carbocycles. The van der Waals surface area contributed by atoms with Crippen LogP contribution < -0.4 is 11.1 Å². The first kappa shape index (κ1) is 9.93. The molecular formula is C10H18N2O2. The van der Waals surface area contributed by atoms with Gasteiger partial charge in [-0.25, -0.2) is 0 Å². The van der Waals surface area contributed by atoms with Crippen molar-refractivity contribution in [3.63, 3.8) is 0 Å². The summed E-state index contributed by atoms with van der Waals surface area (Å²) in [5, 5.41) is 3.31. The highest BCUT2D eigenvalue weighted by molar-refractivity contribution is 5.80. The number of carbonyl (C=O) groups excluding carboxylic acids is 1. The van der Waals surface area contributed by atoms with E-state index in [1.54, 1.807) is 0 Å². The normalized spacial score (nSPS) is 29.9. The minimum Gasteiger partial charge on any atom is -0.381 e. The van der Waals surface area contributed by atoms with Crippen molar-refractivity contribution in [1.29, 1.82) is 0 Å². The molecule has 2 atom stereocenters. The van der Waals surface area contributed by atoms with Crippen LogP contribution in [0.4, 0.5) is 0 Å². The zero-order chi connectivity index (χ0) is 9.97. The second-order valence-corrected chi connectivity index (χ2v) is 4.30. The number of primary amides is 1. The number of hydrogen-bond acceptors (Lipinski definition) is 3. The van der Waals surface area contributed by atoms with Crippen LogP contribution in [0, 0.1) is 5.92 Å². The fraction of sp³-hybridized carbons (Fsp3) is 0.900. The Morgan fingerprint density at radius 3 is 2.71 bits per heavy atom. The van der Waals surface area contributed by atoms with E-state index in [0.29, 0.717) is 12.6 Å². The molecule has 2 unspecified atom stereocenters. The van der Waals surface area contributed by atoms with Crippen molar-refractivity contribution in [3.8, 4) is 0 Å². The van der Waals surface area contributed by atoms with E-state index in [0.717, 1.165) is 19.4 Å². The maximum absolute atomic E-state index is 11.3. The van der Waals surface area contributed by atoms with Crippen LogP contribution >= 0.6 is 0 Å². The Kier molecular flexibility index (Phi) is 3.03. The average molecular weight is 198 g/mol. The molecule has 4 heteroatoms. The van der Waals surface area contributed by atoms with Crippen molar-refractivity contribution in [1.82, 2.24) is 5.32 Å². The smallest absolute Gasteiger partial charge is 0.234 e. The number of carbonyl (C=O) groups is 1. The summed E-state index contributed by atoms with van der Waals surface area (Å²) in [6.07, 6.45) is 4.45. The van der Waals surface area contributed by atoms with Gasteiger partial charge in [0.05, 0.1) is 12.6 Å². The molecule has 0 aromatic carbocycles. The zero-order valence-electron chi connectivity index (χ0n) is 8.37. The fourth-order valence-corrected chi connectivity index (χ4v) is 1.98. The van der Waals surface area contributed by atoms with Crippen LogP contribution in [0.3, 0.4) is 0 Å². The van der Waals surface area contributed by atoms with Gasteiger partial charge in [-0.05, 0) is 25.7 Å². The lowest BCUT2D eigenvalue weighted by atomic mass is 9.93. The molecular weight excluding hydrogens is 180 g/mol. The largest absolute Gasteiger partial charge is 0.381 e. The van der Waals surface area contributed by atoms with Crippen LogP contribution in [-0.2, 0) is 9.53 Å². The number of nitrogens with one attached hydrogen (secondary N) is 1. The summed E-state index contributed by atoms with van der Waals surface area (Å²) in [5.41, 5.74) is 5.39. The maximum Gasteiger partial charge on any atom is 0.234 e. The van der Waals surface area contributed by atoms with Crippen LogP contribution in [0.15, 0.2) is 0 Å². The van der Waals surface area contributed by atoms with Crippen molar-refractivity contribution >= 4 is 5.91 Å². The number of nitrogens with two attached hydrogens (primary N) is 1. The molecule has 2 rings (SSSR count). The van der Waals surface area contributed by atoms with Gasteiger partial charge in [-0.3, -0.25) is 4.79 Å². The van der Waals surface area contributed by atoms with Crippen LogP contribution in [0.25, 0.3) is 0 Å². The number of amides is 1. The second-order valence-electron chi connectivity index (χ2n) is 4.30. The summed E-state index contributed by atoms with van der Waals surface area (Å²) >= 11 is 0. The summed E-state index contributed by atoms with van der Waals surface area (Å²) in [4.78, 5) is 11.3. The molecule has 0 aromatic rings. The van der Waals surface area contributed by atoms with Gasteiger partial charge in [0.25, 0.3) is 0 Å². The van der Waals surface area contributed by atoms with Gasteiger partial charge < -0.3 is 15.8 Å². The predicted octanol–water partition coefficient (Wildman–Crippen LogP) is 0.0189. The second kappa shape index (κ2) is 4.28. The lowest BCUT2D eigenvalue weighted by molar-refractivity contribution is -0.122. The van der Waals surface area contributed by atoms with E-state index >= 15 is 0 Å². The number of rotatable bonds is 4. The standard InChI is InChI=1S/C10H18N2O2/c11-10(13)9(12-8-3-4-8)7-2-1-5-14-6-7/h7-9,12H,1-6H2,(H2,11,13). The van der Waals surface area contributed by atoms with E-state index in [1.807, 2.05) is 0 Å². The lowest BCUT2D eigenvalue weighted by Crippen LogP contribution is -2.49. The van der Waals surface area contributed by atoms with E-state index in [9.17, 15) is 4.79 Å². The fourth-order valence-electron chi connectivity index (χ4n) is 1.98. The van der Waals surface area contributed by atoms with E-state index < -0.39 is 0 Å². The highest BCUT2D eigenvalue weighted by Gasteiger charge is 2.33. The van der Waals surface area contributed by atoms with Crippen LogP contribution in [-0.4, -0.2) is 31.2 Å². The molecule has 0 bridgehead atoms. The number of ether oxygens (including phenoxy) is 1. The molecule has 2 aliphatic rings. The van der Waals surface area contributed by atoms with E-state index in [2.05, 4.69) is 5.32 Å². The Hall–Kier alpha value is -0.610. The first-order valence-electron chi connectivity index (χ1n) is 5.40. The van der Waals surface area contributed by atoms with Crippen molar-refractivity contribution < 1.29 is 9.53 Å². The SMILES string of the molecule is NC(=O)C(NC1CC1)C1CCCOC1. The van der Waals surface area contributed by atoms with Gasteiger partial charge >= 0.3 is 0 Å². The summed E-state index contributed by atoms with van der Waals surface area (Å²) in [7, 11) is 0. The Labute approximate surface area is 84.2 Å². The summed E-state index contributed by atoms with van der Waals surface area (Å²) < 4.78 is 5.37. The van der Waals surface area contributed by atoms with Crippen LogP contribution in [0.1, 0.15) is 25.7 Å². The van der Waals surface area contributed by atoms with Gasteiger partial charge in [0, 0.05) is 18.6 Å². The average Bonchev–Trinajstić information content (AvgIpc) is 2.99. The van der Waals surface area contributed by atoms with Crippen molar-refractivity contribution in [2.75, 3.05) is 13.2 Å². The molecule has 1 heterocycles. The molecule has 0 aromatic heterocycles. The van der Waals surface area contributed by atoms with Crippen LogP contribution in [0.5, 0.6) is 0 Å². The summed E-state index contributed by atoms with van der Waals surface area (Å²) in [6, 6.07) is 0.345. The lowest BCUT2D eigenvalue weighted by Gasteiger charge is -2.28. The molecule has 1 saturated heterocycles. The van der Waals surface area contributed by atoms with Crippen molar-refractivity contribution in [2.24, 2.45) is 11.7 Å². The molecule has 14 heavy (non-hydrogen) atoms. The van der Waals surface area contributed by atoms with Gasteiger partial charge in [-0.2, -0.15) is 0 Å². The van der Waals surface area contributed by atoms with Gasteiger partial charge in [-0.15, -0.1) is 0 Å². The first-order chi connectivity index (χ1) is 6.77. The molecule has 1 saturated carbocycles. The van der Waals surface area contributed by atoms with Gasteiger partial charge in [-0.1, -0.05) is 0 Å². The monoisotopic (exact) mass is 198 g/mol. The number of hydrogen-bond donors (Lipinski definition) is 2. The van der Waals surface area contributed by atoms with Gasteiger partial charge in [0.15, 0.2) is 0 Å². The predicted molar refractivity (Wildman–Crippen MR) is 52.7 cm³/mol. The minimum atomic E-state index is -0.229. The maximum atomic E-state index is 11.3. The molecule has 2 fully saturated rings. The Morgan fingerprint density at radius 1 is 1.43 bits per heavy atom. The topological polar surface area (TPSA) is 64.4 Å². The Bertz CT molecular complexity index is 210. The Balaban J connectivity index is 1.89. The molecule has 80 valence electrons. The molecule has 0 spiro atoms. The first-order valence-corrected chi connectivity index (χ1v) is 5.40. The van der Waals surface area contributed by atoms with E-state index in [4.69, 9.17) is 10.5 Å². The zero-order valence-corrected chi connectivity index (χ0v) is 8.37. The van der Waals surface area contributed by atoms with Crippen LogP contribution in [0.2, 0.25) is 0 Å². The third-order valence-corrected chi connectivity index (χ3v) is 2.97. The van der Waals surface area contributed by atoms with Crippen molar-refractivity contribution in [2.45, 2.75) is 37.8 Å². The third kappa shape index (κ3) is 2.45. The van der Waals surface area contributed by atoms with Crippen molar-refractivity contribution in [3.05, 3.63) is 0 Å². The molecule has 4 nitrogen and oxygen atoms in total. The quantitative estimate of drug-likeness (QED) is 0.669. The summed E-state index contributed by atoms with van der Waals surface area (Å²) in [5.74, 6) is 0.0502. The highest BCUT2D eigenvalue weighted by Crippen LogP contribution is 2.24. The van der Waals surface area contributed by atoms with E-state index in [-0.39, 0.29) is 17.9 Å².